The number of β-lactam (4-membered cyclic amide) rings is 1. The minimum absolute atomic E-state index is 0.0391. The van der Waals surface area contributed by atoms with Gasteiger partial charge in [0, 0.05) is 11.1 Å². The molecule has 2 aliphatic rings. The Hall–Kier alpha value is -7.58. The summed E-state index contributed by atoms with van der Waals surface area (Å²) >= 11 is 5.03. The van der Waals surface area contributed by atoms with Crippen molar-refractivity contribution in [3.8, 4) is 0 Å². The molecule has 0 spiro atoms. The summed E-state index contributed by atoms with van der Waals surface area (Å²) in [5.74, 6) is -1.67. The van der Waals surface area contributed by atoms with Crippen molar-refractivity contribution in [2.75, 3.05) is 23.5 Å². The minimum Gasteiger partial charge on any atom is -0.448 e. The van der Waals surface area contributed by atoms with Gasteiger partial charge < -0.3 is 24.9 Å². The summed E-state index contributed by atoms with van der Waals surface area (Å²) in [5, 5.41) is 25.0. The predicted octanol–water partition coefficient (Wildman–Crippen LogP) is 10.4. The minimum atomic E-state index is -1.04. The van der Waals surface area contributed by atoms with Gasteiger partial charge >= 0.3 is 12.1 Å². The maximum absolute atomic E-state index is 14.7. The molecule has 3 N–H and O–H groups in total. The molecule has 2 atom stereocenters. The molecule has 2 aromatic heterocycles. The van der Waals surface area contributed by atoms with Crippen molar-refractivity contribution in [1.29, 1.82) is 0 Å². The number of thiazole rings is 1. The first-order valence-electron chi connectivity index (χ1n) is 22.9. The normalized spacial score (nSPS) is 15.9. The fourth-order valence-corrected chi connectivity index (χ4v) is 11.8. The molecule has 73 heavy (non-hydrogen) atoms. The number of nitrogens with one attached hydrogen (secondary N) is 3. The van der Waals surface area contributed by atoms with Gasteiger partial charge in [0.05, 0.1) is 0 Å². The quantitative estimate of drug-likeness (QED) is 0.0149. The monoisotopic (exact) mass is 1050 g/mol. The fourth-order valence-electron chi connectivity index (χ4n) is 8.27. The van der Waals surface area contributed by atoms with Crippen molar-refractivity contribution < 1.29 is 33.5 Å². The second kappa shape index (κ2) is 22.5. The van der Waals surface area contributed by atoms with Crippen LogP contribution in [-0.4, -0.2) is 79.5 Å². The van der Waals surface area contributed by atoms with Crippen LogP contribution in [0.25, 0.3) is 0 Å². The molecule has 4 heterocycles. The number of carbonyl (C=O) groups is 4. The van der Waals surface area contributed by atoms with E-state index in [9.17, 15) is 19.2 Å². The third kappa shape index (κ3) is 11.4. The Morgan fingerprint density at radius 3 is 1.90 bits per heavy atom. The first-order chi connectivity index (χ1) is 35.4. The van der Waals surface area contributed by atoms with Crippen molar-refractivity contribution >= 4 is 86.0 Å². The summed E-state index contributed by atoms with van der Waals surface area (Å²) in [5.41, 5.74) is 3.43. The molecule has 0 saturated carbocycles. The van der Waals surface area contributed by atoms with E-state index in [0.29, 0.717) is 15.0 Å². The Morgan fingerprint density at radius 1 is 0.795 bits per heavy atom. The van der Waals surface area contributed by atoms with Crippen LogP contribution in [0.1, 0.15) is 60.4 Å². The van der Waals surface area contributed by atoms with Gasteiger partial charge in [0.2, 0.25) is 5.13 Å². The number of ether oxygens (including phenoxy) is 2. The fraction of sp³-hybridized carbons (Fsp3) is 0.185. The lowest BCUT2D eigenvalue weighted by Crippen LogP contribution is -2.71. The molecule has 7 aromatic rings. The molecule has 2 aliphatic heterocycles. The maximum Gasteiger partial charge on any atom is 0.414 e. The van der Waals surface area contributed by atoms with Crippen molar-refractivity contribution in [2.24, 2.45) is 5.16 Å². The van der Waals surface area contributed by atoms with Crippen molar-refractivity contribution in [2.45, 2.75) is 53.8 Å². The van der Waals surface area contributed by atoms with E-state index in [-0.39, 0.29) is 28.0 Å². The number of hydrogen-bond donors (Lipinski definition) is 3. The van der Waals surface area contributed by atoms with Crippen LogP contribution in [0.4, 0.5) is 15.1 Å². The lowest BCUT2D eigenvalue weighted by Gasteiger charge is -2.49. The average Bonchev–Trinajstić information content (AvgIpc) is 4.07. The smallest absolute Gasteiger partial charge is 0.414 e. The molecule has 15 nitrogen and oxygen atoms in total. The maximum atomic E-state index is 14.7. The predicted molar refractivity (Wildman–Crippen MR) is 286 cm³/mol. The molecular formula is C54H48N8O7S4. The Morgan fingerprint density at radius 2 is 1.36 bits per heavy atom. The van der Waals surface area contributed by atoms with E-state index in [2.05, 4.69) is 67.7 Å². The van der Waals surface area contributed by atoms with E-state index in [1.807, 2.05) is 115 Å². The highest BCUT2D eigenvalue weighted by molar-refractivity contribution is 8.03. The number of esters is 1. The summed E-state index contributed by atoms with van der Waals surface area (Å²) in [6.45, 7) is 5.28. The molecule has 5 aromatic carbocycles. The highest BCUT2D eigenvalue weighted by atomic mass is 32.2. The SMILES string of the molecule is CO/N=C(\C(=O)NC1C(=O)N2C(C(=O)OC(c3ccccc3)c3ccccc3)=C(/C=C/Sc3nnc(NC(=O)OC(C)(C)C)s3)CSC12)c1csc(NC(c2ccccc2)(c2ccccc2)c2ccccc2)n1. The second-order valence-corrected chi connectivity index (χ2v) is 21.5. The topological polar surface area (TPSA) is 186 Å². The van der Waals surface area contributed by atoms with Gasteiger partial charge in [0.15, 0.2) is 21.3 Å². The van der Waals surface area contributed by atoms with Crippen LogP contribution in [0, 0.1) is 0 Å². The molecule has 3 amide bonds. The molecule has 19 heteroatoms. The zero-order chi connectivity index (χ0) is 51.0. The second-order valence-electron chi connectivity index (χ2n) is 17.4. The van der Waals surface area contributed by atoms with Gasteiger partial charge in [-0.05, 0) is 65.6 Å². The number of anilines is 2. The lowest BCUT2D eigenvalue weighted by atomic mass is 9.77. The van der Waals surface area contributed by atoms with Crippen LogP contribution in [0.15, 0.2) is 189 Å². The van der Waals surface area contributed by atoms with Gasteiger partial charge in [-0.3, -0.25) is 19.8 Å². The number of allylic oxidation sites excluding steroid dienone is 1. The van der Waals surface area contributed by atoms with Crippen LogP contribution in [0.3, 0.4) is 0 Å². The van der Waals surface area contributed by atoms with E-state index in [0.717, 1.165) is 39.2 Å². The summed E-state index contributed by atoms with van der Waals surface area (Å²) in [6.07, 6.45) is 0.268. The number of thioether (sulfide) groups is 2. The molecule has 9 rings (SSSR count). The van der Waals surface area contributed by atoms with Gasteiger partial charge in [0.1, 0.15) is 41.1 Å². The highest BCUT2D eigenvalue weighted by Crippen LogP contribution is 2.44. The molecule has 0 bridgehead atoms. The Labute approximate surface area is 438 Å². The van der Waals surface area contributed by atoms with Crippen LogP contribution < -0.4 is 16.0 Å². The van der Waals surface area contributed by atoms with Crippen LogP contribution in [-0.2, 0) is 34.2 Å². The van der Waals surface area contributed by atoms with Crippen molar-refractivity contribution in [1.82, 2.24) is 25.4 Å². The standard InChI is InChI=1S/C54H48N8O7S4/c1-53(2,3)69-51(66)57-50-59-60-52(73-50)70-31-30-36-32-71-47-42(46(64)62(47)43(36)48(65)68-44(34-20-10-5-11-21-34)35-22-12-6-13-23-35)56-45(63)41(61-67-4)40-33-72-49(55-40)58-54(37-24-14-7-15-25-37,38-26-16-8-17-27-38)39-28-18-9-19-29-39/h5-31,33,42,44,47H,32H2,1-4H3,(H,55,58)(H,56,63)(H,57,59,66)/b31-30+,61-41-. The van der Waals surface area contributed by atoms with E-state index >= 15 is 0 Å². The Kier molecular flexibility index (Phi) is 15.5. The number of benzene rings is 5. The number of fused-ring (bicyclic) bond motifs is 1. The number of amides is 3. The summed E-state index contributed by atoms with van der Waals surface area (Å²) < 4.78 is 12.2. The summed E-state index contributed by atoms with van der Waals surface area (Å²) in [6, 6.07) is 47.8. The molecule has 0 radical (unpaired) electrons. The molecule has 370 valence electrons. The van der Waals surface area contributed by atoms with Gasteiger partial charge in [-0.1, -0.05) is 180 Å². The Bertz CT molecular complexity index is 3030. The van der Waals surface area contributed by atoms with Crippen LogP contribution in [0.5, 0.6) is 0 Å². The zero-order valence-electron chi connectivity index (χ0n) is 39.8. The van der Waals surface area contributed by atoms with Gasteiger partial charge in [-0.15, -0.1) is 33.3 Å². The first kappa shape index (κ1) is 50.4. The molecule has 0 aliphatic carbocycles. The van der Waals surface area contributed by atoms with Gasteiger partial charge in [-0.2, -0.15) is 0 Å². The lowest BCUT2D eigenvalue weighted by molar-refractivity contribution is -0.154. The number of rotatable bonds is 17. The highest BCUT2D eigenvalue weighted by Gasteiger charge is 2.55. The number of carbonyl (C=O) groups excluding carboxylic acids is 4. The third-order valence-electron chi connectivity index (χ3n) is 11.4. The summed E-state index contributed by atoms with van der Waals surface area (Å²) in [4.78, 5) is 67.3. The number of nitrogens with zero attached hydrogens (tertiary/aromatic N) is 5. The average molecular weight is 1050 g/mol. The largest absolute Gasteiger partial charge is 0.448 e. The molecule has 2 unspecified atom stereocenters. The molecular weight excluding hydrogens is 1000 g/mol. The van der Waals surface area contributed by atoms with E-state index in [4.69, 9.17) is 19.3 Å². The van der Waals surface area contributed by atoms with Crippen LogP contribution in [0.2, 0.25) is 0 Å². The number of oxime groups is 1. The number of hydrogen-bond acceptors (Lipinski definition) is 16. The number of aromatic nitrogens is 3. The van der Waals surface area contributed by atoms with Crippen molar-refractivity contribution in [3.05, 3.63) is 213 Å². The molecule has 1 saturated heterocycles. The van der Waals surface area contributed by atoms with Gasteiger partial charge in [0.25, 0.3) is 11.8 Å². The van der Waals surface area contributed by atoms with Crippen LogP contribution >= 0.6 is 46.2 Å². The van der Waals surface area contributed by atoms with Gasteiger partial charge in [-0.25, -0.2) is 14.6 Å². The Balaban J connectivity index is 0.972. The molecule has 1 fully saturated rings. The first-order valence-corrected chi connectivity index (χ1v) is 26.5. The van der Waals surface area contributed by atoms with E-state index < -0.39 is 52.5 Å². The third-order valence-corrected chi connectivity index (χ3v) is 15.2. The van der Waals surface area contributed by atoms with E-state index in [1.165, 1.54) is 46.9 Å². The zero-order valence-corrected chi connectivity index (χ0v) is 43.1. The van der Waals surface area contributed by atoms with Crippen molar-refractivity contribution in [3.63, 3.8) is 0 Å². The van der Waals surface area contributed by atoms with E-state index in [1.54, 1.807) is 37.6 Å². The summed E-state index contributed by atoms with van der Waals surface area (Å²) in [7, 11) is 1.33.